The lowest BCUT2D eigenvalue weighted by molar-refractivity contribution is 0.0589. The van der Waals surface area contributed by atoms with Gasteiger partial charge in [0.1, 0.15) is 23.3 Å². The van der Waals surface area contributed by atoms with Crippen LogP contribution in [0.1, 0.15) is 57.7 Å². The predicted molar refractivity (Wildman–Crippen MR) is 164 cm³/mol. The number of benzene rings is 2. The Balaban J connectivity index is 0.971. The molecule has 0 N–H and O–H groups in total. The number of Topliss-reactive ketones (excluding diaryl/α,β-unsaturated/α-hetero) is 1. The van der Waals surface area contributed by atoms with Crippen LogP contribution in [0.4, 0.5) is 0 Å². The van der Waals surface area contributed by atoms with Crippen LogP contribution < -0.4 is 9.47 Å². The van der Waals surface area contributed by atoms with E-state index in [0.29, 0.717) is 64.9 Å². The number of nitriles is 1. The van der Waals surface area contributed by atoms with Crippen molar-refractivity contribution in [3.8, 4) is 23.4 Å². The molecule has 2 aromatic heterocycles. The summed E-state index contributed by atoms with van der Waals surface area (Å²) in [7, 11) is -3.23. The van der Waals surface area contributed by atoms with E-state index in [4.69, 9.17) is 14.7 Å². The number of ether oxygens (including phenoxy) is 2. The van der Waals surface area contributed by atoms with E-state index < -0.39 is 9.84 Å². The van der Waals surface area contributed by atoms with Crippen molar-refractivity contribution in [3.63, 3.8) is 0 Å². The number of hydrogen-bond acceptors (Lipinski definition) is 9. The first-order chi connectivity index (χ1) is 21.8. The van der Waals surface area contributed by atoms with Gasteiger partial charge < -0.3 is 14.4 Å². The van der Waals surface area contributed by atoms with Crippen LogP contribution in [-0.4, -0.2) is 59.4 Å². The Kier molecular flexibility index (Phi) is 8.58. The van der Waals surface area contributed by atoms with Crippen LogP contribution in [0.25, 0.3) is 0 Å². The molecule has 0 radical (unpaired) electrons. The quantitative estimate of drug-likeness (QED) is 0.219. The van der Waals surface area contributed by atoms with Crippen LogP contribution in [0, 0.1) is 11.3 Å². The summed E-state index contributed by atoms with van der Waals surface area (Å²) in [6.07, 6.45) is 5.75. The summed E-state index contributed by atoms with van der Waals surface area (Å²) in [4.78, 5) is 36.5. The molecule has 228 valence electrons. The summed E-state index contributed by atoms with van der Waals surface area (Å²) in [6.45, 7) is 0.996. The van der Waals surface area contributed by atoms with Crippen LogP contribution in [0.15, 0.2) is 90.1 Å². The largest absolute Gasteiger partial charge is 0.490 e. The van der Waals surface area contributed by atoms with Crippen LogP contribution in [-0.2, 0) is 16.3 Å². The highest BCUT2D eigenvalue weighted by Crippen LogP contribution is 2.34. The van der Waals surface area contributed by atoms with Gasteiger partial charge in [-0.3, -0.25) is 14.6 Å². The van der Waals surface area contributed by atoms with E-state index in [-0.39, 0.29) is 35.2 Å². The van der Waals surface area contributed by atoms with Crippen molar-refractivity contribution in [3.05, 3.63) is 108 Å². The van der Waals surface area contributed by atoms with Crippen LogP contribution in [0.3, 0.4) is 0 Å². The highest BCUT2D eigenvalue weighted by Gasteiger charge is 2.36. The highest BCUT2D eigenvalue weighted by molar-refractivity contribution is 7.92. The van der Waals surface area contributed by atoms with E-state index in [1.54, 1.807) is 83.9 Å². The Hall–Kier alpha value is -5.08. The van der Waals surface area contributed by atoms with Gasteiger partial charge in [-0.05, 0) is 79.1 Å². The third-order valence-electron chi connectivity index (χ3n) is 7.82. The molecule has 0 bridgehead atoms. The molecule has 1 aliphatic heterocycles. The standard InChI is InChI=1S/C34H30N4O6S/c35-20-23-1-5-27(6-2-23)44-33-14-3-24(21-37-33)19-32(39)25-4-13-31(36-22-25)34(40)38-17-15-28(16-18-38)43-26-7-9-29(10-8-26)45(41,42)30-11-12-30/h1-10,13-14,21-22,28,30H,11-12,15-19H2. The number of likely N-dealkylation sites (tertiary alicyclic amines) is 1. The molecule has 2 aromatic carbocycles. The van der Waals surface area contributed by atoms with Crippen molar-refractivity contribution in [2.24, 2.45) is 0 Å². The number of sulfone groups is 1. The molecule has 1 saturated carbocycles. The Morgan fingerprint density at radius 2 is 1.56 bits per heavy atom. The molecular formula is C34H30N4O6S. The minimum absolute atomic E-state index is 0.0843. The molecule has 4 aromatic rings. The number of rotatable bonds is 10. The van der Waals surface area contributed by atoms with Gasteiger partial charge in [0.25, 0.3) is 5.91 Å². The second-order valence-electron chi connectivity index (χ2n) is 11.1. The maximum Gasteiger partial charge on any atom is 0.272 e. The van der Waals surface area contributed by atoms with E-state index in [1.807, 2.05) is 0 Å². The van der Waals surface area contributed by atoms with Crippen molar-refractivity contribution in [1.82, 2.24) is 14.9 Å². The van der Waals surface area contributed by atoms with Crippen LogP contribution in [0.5, 0.6) is 17.4 Å². The molecule has 10 nitrogen and oxygen atoms in total. The average molecular weight is 623 g/mol. The lowest BCUT2D eigenvalue weighted by atomic mass is 10.0. The van der Waals surface area contributed by atoms with Crippen molar-refractivity contribution in [2.45, 2.75) is 48.4 Å². The molecule has 2 aliphatic rings. The summed E-state index contributed by atoms with van der Waals surface area (Å²) >= 11 is 0. The molecule has 1 amide bonds. The van der Waals surface area contributed by atoms with Gasteiger partial charge in [0.2, 0.25) is 5.88 Å². The first kappa shape index (κ1) is 30.0. The molecule has 0 atom stereocenters. The topological polar surface area (TPSA) is 140 Å². The number of carbonyl (C=O) groups is 2. The Morgan fingerprint density at radius 3 is 2.16 bits per heavy atom. The van der Waals surface area contributed by atoms with Crippen molar-refractivity contribution in [2.75, 3.05) is 13.1 Å². The highest BCUT2D eigenvalue weighted by atomic mass is 32.2. The van der Waals surface area contributed by atoms with E-state index in [0.717, 1.165) is 12.8 Å². The maximum atomic E-state index is 13.1. The smallest absolute Gasteiger partial charge is 0.272 e. The van der Waals surface area contributed by atoms with Gasteiger partial charge in [-0.1, -0.05) is 6.07 Å². The zero-order valence-electron chi connectivity index (χ0n) is 24.3. The minimum Gasteiger partial charge on any atom is -0.490 e. The van der Waals surface area contributed by atoms with E-state index >= 15 is 0 Å². The third kappa shape index (κ3) is 7.19. The summed E-state index contributed by atoms with van der Waals surface area (Å²) in [6, 6.07) is 21.9. The normalized spacial score (nSPS) is 15.2. The maximum absolute atomic E-state index is 13.1. The molecule has 1 saturated heterocycles. The Bertz CT molecular complexity index is 1820. The van der Waals surface area contributed by atoms with E-state index in [1.165, 1.54) is 6.20 Å². The zero-order chi connectivity index (χ0) is 31.4. The monoisotopic (exact) mass is 622 g/mol. The van der Waals surface area contributed by atoms with E-state index in [9.17, 15) is 18.0 Å². The average Bonchev–Trinajstić information content (AvgIpc) is 3.93. The number of nitrogens with zero attached hydrogens (tertiary/aromatic N) is 4. The summed E-state index contributed by atoms with van der Waals surface area (Å²) in [5.74, 6) is 1.17. The van der Waals surface area contributed by atoms with Gasteiger partial charge in [-0.2, -0.15) is 5.26 Å². The predicted octanol–water partition coefficient (Wildman–Crippen LogP) is 5.19. The lowest BCUT2D eigenvalue weighted by Crippen LogP contribution is -2.42. The van der Waals surface area contributed by atoms with Gasteiger partial charge in [0, 0.05) is 56.4 Å². The van der Waals surface area contributed by atoms with E-state index in [2.05, 4.69) is 16.0 Å². The number of carbonyl (C=O) groups excluding carboxylic acids is 2. The number of pyridine rings is 2. The molecular weight excluding hydrogens is 592 g/mol. The molecule has 0 spiro atoms. The van der Waals surface area contributed by atoms with Crippen molar-refractivity contribution >= 4 is 21.5 Å². The van der Waals surface area contributed by atoms with Gasteiger partial charge >= 0.3 is 0 Å². The molecule has 45 heavy (non-hydrogen) atoms. The molecule has 3 heterocycles. The van der Waals surface area contributed by atoms with Gasteiger partial charge in [-0.15, -0.1) is 0 Å². The molecule has 6 rings (SSSR count). The molecule has 11 heteroatoms. The third-order valence-corrected chi connectivity index (χ3v) is 10.1. The Morgan fingerprint density at radius 1 is 0.844 bits per heavy atom. The number of amides is 1. The fourth-order valence-corrected chi connectivity index (χ4v) is 6.73. The number of hydrogen-bond donors (Lipinski definition) is 0. The summed E-state index contributed by atoms with van der Waals surface area (Å²) in [5, 5.41) is 8.66. The van der Waals surface area contributed by atoms with Crippen molar-refractivity contribution in [1.29, 1.82) is 5.26 Å². The molecule has 0 unspecified atom stereocenters. The van der Waals surface area contributed by atoms with Gasteiger partial charge in [-0.25, -0.2) is 13.4 Å². The number of piperidine rings is 1. The Labute approximate surface area is 261 Å². The lowest BCUT2D eigenvalue weighted by Gasteiger charge is -2.32. The number of aromatic nitrogens is 2. The molecule has 1 aliphatic carbocycles. The van der Waals surface area contributed by atoms with Gasteiger partial charge in [0.05, 0.1) is 21.8 Å². The second kappa shape index (κ2) is 12.9. The fraction of sp³-hybridized carbons (Fsp3) is 0.265. The summed E-state index contributed by atoms with van der Waals surface area (Å²) in [5.41, 5.74) is 1.90. The fourth-order valence-electron chi connectivity index (χ4n) is 5.08. The van der Waals surface area contributed by atoms with Crippen LogP contribution in [0.2, 0.25) is 0 Å². The number of ketones is 1. The minimum atomic E-state index is -3.23. The first-order valence-electron chi connectivity index (χ1n) is 14.7. The summed E-state index contributed by atoms with van der Waals surface area (Å²) < 4.78 is 36.5. The molecule has 2 fully saturated rings. The first-order valence-corrected chi connectivity index (χ1v) is 16.3. The second-order valence-corrected chi connectivity index (χ2v) is 13.3. The van der Waals surface area contributed by atoms with Crippen molar-refractivity contribution < 1.29 is 27.5 Å². The van der Waals surface area contributed by atoms with Crippen LogP contribution >= 0.6 is 0 Å². The SMILES string of the molecule is N#Cc1ccc(Oc2ccc(CC(=O)c3ccc(C(=O)N4CCC(Oc5ccc(S(=O)(=O)C6CC6)cc5)CC4)nc3)cn2)cc1. The van der Waals surface area contributed by atoms with Gasteiger partial charge in [0.15, 0.2) is 15.6 Å². The zero-order valence-corrected chi connectivity index (χ0v) is 25.2.